The second-order valence-corrected chi connectivity index (χ2v) is 7.54. The summed E-state index contributed by atoms with van der Waals surface area (Å²) in [6, 6.07) is 0.774. The molecular weight excluding hydrogens is 228 g/mol. The maximum absolute atomic E-state index is 6.14. The normalized spacial score (nSPS) is 43.2. The smallest absolute Gasteiger partial charge is 0.0455 e. The fourth-order valence-corrected chi connectivity index (χ4v) is 5.15. The average Bonchev–Trinajstić information content (AvgIpc) is 2.71. The Hall–Kier alpha value is 0.270. The van der Waals surface area contributed by atoms with Gasteiger partial charge in [-0.15, -0.1) is 0 Å². The van der Waals surface area contributed by atoms with Gasteiger partial charge in [0.1, 0.15) is 0 Å². The summed E-state index contributed by atoms with van der Waals surface area (Å²) in [5, 5.41) is 0.692. The monoisotopic (exact) mass is 256 g/mol. The zero-order valence-corrected chi connectivity index (χ0v) is 12.4. The number of hydrogen-bond donors (Lipinski definition) is 1. The Labute approximate surface area is 111 Å². The summed E-state index contributed by atoms with van der Waals surface area (Å²) in [6.45, 7) is 5.58. The first kappa shape index (κ1) is 13.7. The van der Waals surface area contributed by atoms with E-state index in [0.29, 0.717) is 5.25 Å². The summed E-state index contributed by atoms with van der Waals surface area (Å²) < 4.78 is 0. The van der Waals surface area contributed by atoms with Crippen LogP contribution in [0, 0.1) is 5.92 Å². The average molecular weight is 256 g/mol. The third-order valence-electron chi connectivity index (χ3n) is 5.25. The van der Waals surface area contributed by atoms with Gasteiger partial charge in [-0.1, -0.05) is 13.8 Å². The van der Waals surface area contributed by atoms with Crippen LogP contribution in [-0.2, 0) is 0 Å². The van der Waals surface area contributed by atoms with Crippen molar-refractivity contribution >= 4 is 11.8 Å². The molecule has 3 heteroatoms. The van der Waals surface area contributed by atoms with Crippen molar-refractivity contribution in [1.29, 1.82) is 0 Å². The highest BCUT2D eigenvalue weighted by Crippen LogP contribution is 2.41. The van der Waals surface area contributed by atoms with E-state index >= 15 is 0 Å². The minimum absolute atomic E-state index is 0.274. The van der Waals surface area contributed by atoms with Crippen molar-refractivity contribution in [1.82, 2.24) is 4.90 Å². The van der Waals surface area contributed by atoms with Crippen molar-refractivity contribution in [2.45, 2.75) is 62.8 Å². The van der Waals surface area contributed by atoms with E-state index in [9.17, 15) is 0 Å². The summed E-state index contributed by atoms with van der Waals surface area (Å²) in [6.07, 6.45) is 6.82. The van der Waals surface area contributed by atoms with Gasteiger partial charge in [0, 0.05) is 23.4 Å². The van der Waals surface area contributed by atoms with Gasteiger partial charge in [0.25, 0.3) is 0 Å². The molecular formula is C14H28N2S. The van der Waals surface area contributed by atoms with E-state index in [-0.39, 0.29) is 5.54 Å². The predicted octanol–water partition coefficient (Wildman–Crippen LogP) is 2.72. The molecule has 2 aliphatic rings. The Kier molecular flexibility index (Phi) is 4.43. The van der Waals surface area contributed by atoms with Crippen LogP contribution < -0.4 is 5.73 Å². The number of hydrogen-bond acceptors (Lipinski definition) is 3. The summed E-state index contributed by atoms with van der Waals surface area (Å²) in [4.78, 5) is 2.66. The van der Waals surface area contributed by atoms with Crippen LogP contribution in [0.15, 0.2) is 0 Å². The second-order valence-electron chi connectivity index (χ2n) is 6.10. The quantitative estimate of drug-likeness (QED) is 0.842. The van der Waals surface area contributed by atoms with E-state index in [1.54, 1.807) is 0 Å². The van der Waals surface area contributed by atoms with Gasteiger partial charge < -0.3 is 5.73 Å². The molecule has 17 heavy (non-hydrogen) atoms. The van der Waals surface area contributed by atoms with Gasteiger partial charge in [0.2, 0.25) is 0 Å². The largest absolute Gasteiger partial charge is 0.329 e. The topological polar surface area (TPSA) is 29.3 Å². The highest BCUT2D eigenvalue weighted by Gasteiger charge is 2.45. The van der Waals surface area contributed by atoms with Crippen LogP contribution in [0.2, 0.25) is 0 Å². The fourth-order valence-electron chi connectivity index (χ4n) is 3.64. The molecule has 1 saturated heterocycles. The summed E-state index contributed by atoms with van der Waals surface area (Å²) in [5.74, 6) is 2.22. The molecule has 2 nitrogen and oxygen atoms in total. The summed E-state index contributed by atoms with van der Waals surface area (Å²) in [7, 11) is 2.33. The van der Waals surface area contributed by atoms with Crippen LogP contribution in [0.1, 0.15) is 46.0 Å². The van der Waals surface area contributed by atoms with E-state index in [0.717, 1.165) is 18.5 Å². The van der Waals surface area contributed by atoms with Gasteiger partial charge in [-0.2, -0.15) is 11.8 Å². The number of nitrogens with two attached hydrogens (primary N) is 1. The maximum Gasteiger partial charge on any atom is 0.0455 e. The lowest BCUT2D eigenvalue weighted by molar-refractivity contribution is 0.0533. The van der Waals surface area contributed by atoms with Crippen molar-refractivity contribution in [3.05, 3.63) is 0 Å². The zero-order chi connectivity index (χ0) is 12.5. The van der Waals surface area contributed by atoms with Gasteiger partial charge in [-0.25, -0.2) is 0 Å². The molecule has 0 radical (unpaired) electrons. The van der Waals surface area contributed by atoms with E-state index in [1.807, 2.05) is 0 Å². The molecule has 0 bridgehead atoms. The van der Waals surface area contributed by atoms with E-state index in [1.165, 1.54) is 37.9 Å². The number of thioether (sulfide) groups is 1. The Balaban J connectivity index is 2.04. The van der Waals surface area contributed by atoms with Crippen molar-refractivity contribution in [3.8, 4) is 0 Å². The molecule has 2 unspecified atom stereocenters. The molecule has 100 valence electrons. The second kappa shape index (κ2) is 5.50. The van der Waals surface area contributed by atoms with Crippen LogP contribution >= 0.6 is 11.8 Å². The van der Waals surface area contributed by atoms with Gasteiger partial charge in [-0.3, -0.25) is 4.90 Å². The van der Waals surface area contributed by atoms with Crippen molar-refractivity contribution in [2.75, 3.05) is 19.3 Å². The van der Waals surface area contributed by atoms with Crippen molar-refractivity contribution in [3.63, 3.8) is 0 Å². The Morgan fingerprint density at radius 2 is 1.88 bits per heavy atom. The Bertz CT molecular complexity index is 251. The van der Waals surface area contributed by atoms with Crippen LogP contribution in [-0.4, -0.2) is 41.1 Å². The lowest BCUT2D eigenvalue weighted by Gasteiger charge is -2.47. The molecule has 0 aromatic heterocycles. The Morgan fingerprint density at radius 3 is 2.35 bits per heavy atom. The van der Waals surface area contributed by atoms with E-state index < -0.39 is 0 Å². The van der Waals surface area contributed by atoms with Gasteiger partial charge in [0.15, 0.2) is 0 Å². The van der Waals surface area contributed by atoms with Crippen LogP contribution in [0.4, 0.5) is 0 Å². The highest BCUT2D eigenvalue weighted by atomic mass is 32.2. The first-order chi connectivity index (χ1) is 8.10. The zero-order valence-electron chi connectivity index (χ0n) is 11.6. The van der Waals surface area contributed by atoms with Crippen LogP contribution in [0.3, 0.4) is 0 Å². The molecule has 1 heterocycles. The summed E-state index contributed by atoms with van der Waals surface area (Å²) in [5.41, 5.74) is 6.41. The molecule has 1 aliphatic carbocycles. The third-order valence-corrected chi connectivity index (χ3v) is 6.63. The molecule has 2 fully saturated rings. The first-order valence-corrected chi connectivity index (χ1v) is 8.19. The first-order valence-electron chi connectivity index (χ1n) is 7.15. The molecule has 1 aliphatic heterocycles. The maximum atomic E-state index is 6.14. The molecule has 0 spiro atoms. The number of nitrogens with zero attached hydrogens (tertiary/aromatic N) is 1. The van der Waals surface area contributed by atoms with Gasteiger partial charge >= 0.3 is 0 Å². The van der Waals surface area contributed by atoms with Crippen LogP contribution in [0.5, 0.6) is 0 Å². The number of rotatable bonds is 3. The lowest BCUT2D eigenvalue weighted by Crippen LogP contribution is -2.59. The van der Waals surface area contributed by atoms with Crippen molar-refractivity contribution < 1.29 is 0 Å². The molecule has 1 saturated carbocycles. The molecule has 0 aromatic carbocycles. The molecule has 0 aromatic rings. The predicted molar refractivity (Wildman–Crippen MR) is 77.5 cm³/mol. The lowest BCUT2D eigenvalue weighted by atomic mass is 9.82. The minimum Gasteiger partial charge on any atom is -0.329 e. The standard InChI is InChI=1S/C14H28N2S/c1-11-4-6-13(7-5-11)16(3)14(10-15)8-9-17-12(14)2/h11-13H,4-10,15H2,1-3H3. The minimum atomic E-state index is 0.274. The van der Waals surface area contributed by atoms with Crippen molar-refractivity contribution in [2.24, 2.45) is 11.7 Å². The summed E-state index contributed by atoms with van der Waals surface area (Å²) >= 11 is 2.10. The molecule has 0 amide bonds. The molecule has 2 N–H and O–H groups in total. The third kappa shape index (κ3) is 2.52. The van der Waals surface area contributed by atoms with E-state index in [4.69, 9.17) is 5.73 Å². The number of likely N-dealkylation sites (N-methyl/N-ethyl adjacent to an activating group) is 1. The fraction of sp³-hybridized carbons (Fsp3) is 1.00. The SMILES string of the molecule is CC1CCC(N(C)C2(CN)CCSC2C)CC1. The Morgan fingerprint density at radius 1 is 1.24 bits per heavy atom. The molecule has 2 rings (SSSR count). The van der Waals surface area contributed by atoms with E-state index in [2.05, 4.69) is 37.6 Å². The van der Waals surface area contributed by atoms with Gasteiger partial charge in [0.05, 0.1) is 0 Å². The molecule has 2 atom stereocenters. The highest BCUT2D eigenvalue weighted by molar-refractivity contribution is 8.00. The van der Waals surface area contributed by atoms with Gasteiger partial charge in [-0.05, 0) is 50.8 Å². The van der Waals surface area contributed by atoms with Crippen LogP contribution in [0.25, 0.3) is 0 Å².